The smallest absolute Gasteiger partial charge is 0.334 e. The number of ether oxygens (including phenoxy) is 3. The molecule has 0 aromatic carbocycles. The molecule has 6 bridgehead atoms. The zero-order valence-electron chi connectivity index (χ0n) is 20.9. The van der Waals surface area contributed by atoms with Crippen LogP contribution < -0.4 is 0 Å². The highest BCUT2D eigenvalue weighted by Gasteiger charge is 2.67. The van der Waals surface area contributed by atoms with Crippen molar-refractivity contribution in [2.45, 2.75) is 53.2 Å². The predicted octanol–water partition coefficient (Wildman–Crippen LogP) is 6.32. The molecule has 0 aromatic rings. The normalized spacial score (nSPS) is 47.0. The van der Waals surface area contributed by atoms with Crippen LogP contribution in [0.2, 0.25) is 0 Å². The molecule has 0 N–H and O–H groups in total. The number of hydrogen-bond donors (Lipinski definition) is 0. The molecule has 4 fully saturated rings. The van der Waals surface area contributed by atoms with E-state index in [9.17, 15) is 9.59 Å². The summed E-state index contributed by atoms with van der Waals surface area (Å²) in [6.07, 6.45) is 16.2. The van der Waals surface area contributed by atoms with E-state index in [1.54, 1.807) is 6.92 Å². The third kappa shape index (κ3) is 3.91. The predicted molar refractivity (Wildman–Crippen MR) is 153 cm³/mol. The fourth-order valence-corrected chi connectivity index (χ4v) is 11.1. The third-order valence-corrected chi connectivity index (χ3v) is 13.1. The van der Waals surface area contributed by atoms with Crippen molar-refractivity contribution in [1.82, 2.24) is 0 Å². The van der Waals surface area contributed by atoms with E-state index in [1.165, 1.54) is 12.8 Å². The van der Waals surface area contributed by atoms with Crippen molar-refractivity contribution >= 4 is 57.1 Å². The van der Waals surface area contributed by atoms with E-state index in [1.807, 2.05) is 13.0 Å². The zero-order valence-corrected chi connectivity index (χ0v) is 25.2. The Kier molecular flexibility index (Phi) is 6.35. The van der Waals surface area contributed by atoms with Crippen LogP contribution in [0.15, 0.2) is 48.1 Å². The Labute approximate surface area is 240 Å². The first-order valence-corrected chi connectivity index (χ1v) is 15.3. The van der Waals surface area contributed by atoms with Crippen molar-refractivity contribution in [3.05, 3.63) is 48.1 Å². The van der Waals surface area contributed by atoms with Gasteiger partial charge in [0.05, 0.1) is 18.6 Å². The Bertz CT molecular complexity index is 1100. The summed E-state index contributed by atoms with van der Waals surface area (Å²) in [7, 11) is 0. The van der Waals surface area contributed by atoms with Crippen molar-refractivity contribution in [3.63, 3.8) is 0 Å². The Morgan fingerprint density at radius 1 is 1.00 bits per heavy atom. The molecule has 0 spiro atoms. The molecule has 0 amide bonds. The van der Waals surface area contributed by atoms with Gasteiger partial charge in [0, 0.05) is 23.5 Å². The summed E-state index contributed by atoms with van der Waals surface area (Å²) in [4.78, 5) is 25.3. The average Bonchev–Trinajstić information content (AvgIpc) is 3.63. The van der Waals surface area contributed by atoms with Gasteiger partial charge in [-0.05, 0) is 126 Å². The Morgan fingerprint density at radius 2 is 1.75 bits per heavy atom. The number of rotatable bonds is 8. The van der Waals surface area contributed by atoms with Gasteiger partial charge in [-0.1, -0.05) is 30.9 Å². The minimum atomic E-state index is -0.639. The highest BCUT2D eigenvalue weighted by Crippen LogP contribution is 2.70. The molecule has 0 heterocycles. The van der Waals surface area contributed by atoms with Crippen LogP contribution in [0.3, 0.4) is 0 Å². The molecule has 0 aromatic heterocycles. The van der Waals surface area contributed by atoms with Gasteiger partial charge in [0.1, 0.15) is 0 Å². The van der Waals surface area contributed by atoms with Gasteiger partial charge in [0.2, 0.25) is 0 Å². The number of esters is 2. The maximum Gasteiger partial charge on any atom is 0.334 e. The summed E-state index contributed by atoms with van der Waals surface area (Å²) < 4.78 is 17.2. The fourth-order valence-electron chi connectivity index (χ4n) is 8.30. The lowest BCUT2D eigenvalue weighted by Crippen LogP contribution is -2.44. The molecule has 0 radical (unpaired) electrons. The van der Waals surface area contributed by atoms with E-state index in [2.05, 4.69) is 76.1 Å². The first-order chi connectivity index (χ1) is 17.0. The number of hydrogen-bond acceptors (Lipinski definition) is 5. The Balaban J connectivity index is 1.04. The van der Waals surface area contributed by atoms with Crippen LogP contribution in [0.5, 0.6) is 0 Å². The van der Waals surface area contributed by atoms with E-state index in [4.69, 9.17) is 14.2 Å². The van der Waals surface area contributed by atoms with Gasteiger partial charge >= 0.3 is 11.9 Å². The second-order valence-electron chi connectivity index (χ2n) is 12.1. The van der Waals surface area contributed by atoms with Crippen LogP contribution in [-0.2, 0) is 23.8 Å². The quantitative estimate of drug-likeness (QED) is 0.0561. The number of carbonyl (C=O) groups excluding carboxylic acids is 2. The number of fused-ring (bicyclic) bond motifs is 11. The summed E-state index contributed by atoms with van der Waals surface area (Å²) >= 11 is 4.72. The highest BCUT2D eigenvalue weighted by atomic mass is 127. The monoisotopic (exact) mass is 716 g/mol. The first-order valence-electron chi connectivity index (χ1n) is 13.2. The molecule has 10 atom stereocenters. The lowest BCUT2D eigenvalue weighted by atomic mass is 9.72. The van der Waals surface area contributed by atoms with E-state index < -0.39 is 3.61 Å². The SMILES string of the molecule is C=C(C)C(=O)OC1(I)CC2C=CC1(COC/C=C(/C)C(=O)OC1(I)CC3C[C@H]1C1C4C=CC(C4)C31)C2. The second kappa shape index (κ2) is 8.93. The highest BCUT2D eigenvalue weighted by molar-refractivity contribution is 14.1. The van der Waals surface area contributed by atoms with Crippen LogP contribution in [0.25, 0.3) is 0 Å². The van der Waals surface area contributed by atoms with E-state index in [0.717, 1.165) is 31.1 Å². The third-order valence-electron chi connectivity index (χ3n) is 9.88. The van der Waals surface area contributed by atoms with Crippen molar-refractivity contribution in [3.8, 4) is 0 Å². The maximum absolute atomic E-state index is 13.1. The average molecular weight is 716 g/mol. The zero-order chi connectivity index (χ0) is 25.5. The van der Waals surface area contributed by atoms with Gasteiger partial charge in [-0.3, -0.25) is 0 Å². The standard InChI is InChI=1S/C29H34I2O5/c1-16(2)25(32)36-29(31)13-18-6-8-27(29,12-18)15-34-9-7-17(3)26(33)35-28(30)14-21-11-22(28)24-20-5-4-19(10-20)23(21)24/h4-8,18-24H,1,9-15H2,2-3H3/b17-7-/t18?,19?,20?,21?,22-,23?,24?,27?,28?,29?/m0/s1. The van der Waals surface area contributed by atoms with Crippen molar-refractivity contribution in [1.29, 1.82) is 0 Å². The number of carbonyl (C=O) groups is 2. The van der Waals surface area contributed by atoms with Gasteiger partial charge in [-0.25, -0.2) is 9.59 Å². The van der Waals surface area contributed by atoms with Crippen LogP contribution in [0.4, 0.5) is 0 Å². The second-order valence-corrected chi connectivity index (χ2v) is 15.6. The largest absolute Gasteiger partial charge is 0.445 e. The Morgan fingerprint density at radius 3 is 2.47 bits per heavy atom. The molecule has 0 aliphatic heterocycles. The number of alkyl halides is 2. The van der Waals surface area contributed by atoms with Gasteiger partial charge in [-0.15, -0.1) is 0 Å². The lowest BCUT2D eigenvalue weighted by molar-refractivity contribution is -0.152. The minimum absolute atomic E-state index is 0.228. The van der Waals surface area contributed by atoms with Crippen LogP contribution in [-0.4, -0.2) is 32.4 Å². The van der Waals surface area contributed by atoms with Gasteiger partial charge in [0.15, 0.2) is 7.22 Å². The molecule has 194 valence electrons. The number of halogens is 2. The van der Waals surface area contributed by atoms with E-state index in [0.29, 0.717) is 53.9 Å². The first kappa shape index (κ1) is 25.6. The lowest BCUT2D eigenvalue weighted by Gasteiger charge is -2.41. The van der Waals surface area contributed by atoms with E-state index in [-0.39, 0.29) is 21.0 Å². The van der Waals surface area contributed by atoms with Crippen molar-refractivity contribution in [2.24, 2.45) is 46.8 Å². The molecular weight excluding hydrogens is 682 g/mol. The van der Waals surface area contributed by atoms with Gasteiger partial charge < -0.3 is 14.2 Å². The summed E-state index contributed by atoms with van der Waals surface area (Å²) in [5, 5.41) is 0. The molecule has 9 unspecified atom stereocenters. The molecule has 4 saturated carbocycles. The molecule has 36 heavy (non-hydrogen) atoms. The maximum atomic E-state index is 13.1. The van der Waals surface area contributed by atoms with E-state index >= 15 is 0 Å². The summed E-state index contributed by atoms with van der Waals surface area (Å²) in [6, 6.07) is 0. The van der Waals surface area contributed by atoms with Crippen molar-refractivity contribution in [2.75, 3.05) is 13.2 Å². The van der Waals surface area contributed by atoms with Crippen LogP contribution >= 0.6 is 45.2 Å². The summed E-state index contributed by atoms with van der Waals surface area (Å²) in [5.74, 6) is 3.93. The molecule has 6 aliphatic carbocycles. The van der Waals surface area contributed by atoms with Crippen LogP contribution in [0, 0.1) is 46.8 Å². The molecule has 0 saturated heterocycles. The molecule has 6 rings (SSSR count). The molecule has 7 heteroatoms. The van der Waals surface area contributed by atoms with Gasteiger partial charge in [0.25, 0.3) is 0 Å². The molecule has 6 aliphatic rings. The van der Waals surface area contributed by atoms with Crippen molar-refractivity contribution < 1.29 is 23.8 Å². The minimum Gasteiger partial charge on any atom is -0.445 e. The topological polar surface area (TPSA) is 61.8 Å². The molecule has 5 nitrogen and oxygen atoms in total. The summed E-state index contributed by atoms with van der Waals surface area (Å²) in [5.41, 5.74) is 0.644. The van der Waals surface area contributed by atoms with Gasteiger partial charge in [-0.2, -0.15) is 0 Å². The fraction of sp³-hybridized carbons (Fsp3) is 0.655. The molecular formula is C29H34I2O5. The summed E-state index contributed by atoms with van der Waals surface area (Å²) in [6.45, 7) is 7.97. The Hall–Kier alpha value is -0.680. The number of allylic oxidation sites excluding steroid dienone is 3. The van der Waals surface area contributed by atoms with Crippen LogP contribution in [0.1, 0.15) is 46.0 Å².